The molecule has 1 atom stereocenters. The van der Waals surface area contributed by atoms with Gasteiger partial charge in [-0.15, -0.1) is 0 Å². The number of guanidine groups is 1. The zero-order valence-corrected chi connectivity index (χ0v) is 11.6. The number of nitrogens with one attached hydrogen (secondary N) is 2. The number of hydrogen-bond donors (Lipinski definition) is 2. The van der Waals surface area contributed by atoms with Crippen molar-refractivity contribution in [3.63, 3.8) is 0 Å². The van der Waals surface area contributed by atoms with Crippen LogP contribution in [-0.4, -0.2) is 18.4 Å². The van der Waals surface area contributed by atoms with Crippen LogP contribution in [-0.2, 0) is 10.3 Å². The second-order valence-corrected chi connectivity index (χ2v) is 4.99. The van der Waals surface area contributed by atoms with Crippen molar-refractivity contribution in [2.45, 2.75) is 19.4 Å². The van der Waals surface area contributed by atoms with Gasteiger partial charge in [-0.3, -0.25) is 15.1 Å². The van der Waals surface area contributed by atoms with E-state index in [2.05, 4.69) is 15.6 Å². The average molecular weight is 286 g/mol. The number of nitrogens with zero attached hydrogens (tertiary/aromatic N) is 1. The molecule has 0 bridgehead atoms. The van der Waals surface area contributed by atoms with Gasteiger partial charge in [-0.25, -0.2) is 0 Å². The molecule has 0 saturated carbocycles. The Morgan fingerprint density at radius 2 is 2.11 bits per heavy atom. The third-order valence-electron chi connectivity index (χ3n) is 2.84. The van der Waals surface area contributed by atoms with E-state index in [9.17, 15) is 4.79 Å². The van der Waals surface area contributed by atoms with Gasteiger partial charge in [0.2, 0.25) is 0 Å². The molecular weight excluding hydrogens is 273 g/mol. The number of halogens is 2. The SMILES string of the molecule is CCN=C1NC(=O)C(C)(c2cc(Cl)ccc2Cl)N1. The lowest BCUT2D eigenvalue weighted by Crippen LogP contribution is -2.41. The minimum atomic E-state index is -0.948. The Hall–Kier alpha value is -1.26. The predicted octanol–water partition coefficient (Wildman–Crippen LogP) is 2.30. The molecule has 2 N–H and O–H groups in total. The van der Waals surface area contributed by atoms with E-state index >= 15 is 0 Å². The van der Waals surface area contributed by atoms with Crippen LogP contribution in [0.3, 0.4) is 0 Å². The highest BCUT2D eigenvalue weighted by molar-refractivity contribution is 6.34. The summed E-state index contributed by atoms with van der Waals surface area (Å²) in [6.07, 6.45) is 0. The minimum Gasteiger partial charge on any atom is -0.338 e. The maximum Gasteiger partial charge on any atom is 0.256 e. The van der Waals surface area contributed by atoms with Crippen LogP contribution in [0.25, 0.3) is 0 Å². The monoisotopic (exact) mass is 285 g/mol. The maximum absolute atomic E-state index is 12.1. The zero-order valence-electron chi connectivity index (χ0n) is 10.1. The zero-order chi connectivity index (χ0) is 13.3. The Morgan fingerprint density at radius 1 is 1.39 bits per heavy atom. The molecule has 1 aromatic rings. The van der Waals surface area contributed by atoms with E-state index in [4.69, 9.17) is 23.2 Å². The fourth-order valence-corrected chi connectivity index (χ4v) is 2.34. The quantitative estimate of drug-likeness (QED) is 0.876. The normalized spacial score (nSPS) is 25.1. The molecular formula is C12H13Cl2N3O. The van der Waals surface area contributed by atoms with Crippen molar-refractivity contribution >= 4 is 35.1 Å². The van der Waals surface area contributed by atoms with Gasteiger partial charge in [-0.05, 0) is 32.0 Å². The van der Waals surface area contributed by atoms with E-state index in [0.717, 1.165) is 0 Å². The number of amides is 1. The lowest BCUT2D eigenvalue weighted by molar-refractivity contribution is -0.123. The summed E-state index contributed by atoms with van der Waals surface area (Å²) in [5, 5.41) is 6.76. The molecule has 0 aromatic heterocycles. The Balaban J connectivity index is 2.46. The number of carbonyl (C=O) groups excluding carboxylic acids is 1. The summed E-state index contributed by atoms with van der Waals surface area (Å²) in [4.78, 5) is 16.2. The number of rotatable bonds is 2. The highest BCUT2D eigenvalue weighted by Gasteiger charge is 2.43. The van der Waals surface area contributed by atoms with E-state index in [1.807, 2.05) is 6.92 Å². The minimum absolute atomic E-state index is 0.195. The molecule has 1 amide bonds. The van der Waals surface area contributed by atoms with Gasteiger partial charge in [0.15, 0.2) is 5.96 Å². The molecule has 1 fully saturated rings. The number of carbonyl (C=O) groups is 1. The Bertz CT molecular complexity index is 530. The van der Waals surface area contributed by atoms with Crippen LogP contribution < -0.4 is 10.6 Å². The molecule has 2 rings (SSSR count). The van der Waals surface area contributed by atoms with Gasteiger partial charge < -0.3 is 5.32 Å². The third-order valence-corrected chi connectivity index (χ3v) is 3.40. The summed E-state index contributed by atoms with van der Waals surface area (Å²) in [6.45, 7) is 4.23. The largest absolute Gasteiger partial charge is 0.338 e. The lowest BCUT2D eigenvalue weighted by atomic mass is 9.92. The molecule has 0 radical (unpaired) electrons. The van der Waals surface area contributed by atoms with Crippen molar-refractivity contribution in [1.82, 2.24) is 10.6 Å². The van der Waals surface area contributed by atoms with Crippen LogP contribution in [0.1, 0.15) is 19.4 Å². The molecule has 4 nitrogen and oxygen atoms in total. The molecule has 18 heavy (non-hydrogen) atoms. The Morgan fingerprint density at radius 3 is 2.78 bits per heavy atom. The van der Waals surface area contributed by atoms with Crippen LogP contribution in [0, 0.1) is 0 Å². The third kappa shape index (κ3) is 2.18. The van der Waals surface area contributed by atoms with Gasteiger partial charge in [0, 0.05) is 22.2 Å². The molecule has 1 unspecified atom stereocenters. The first kappa shape index (κ1) is 13.2. The highest BCUT2D eigenvalue weighted by Crippen LogP contribution is 2.32. The molecule has 0 spiro atoms. The van der Waals surface area contributed by atoms with Crippen molar-refractivity contribution < 1.29 is 4.79 Å². The summed E-state index contributed by atoms with van der Waals surface area (Å²) in [5.74, 6) is 0.264. The molecule has 1 saturated heterocycles. The van der Waals surface area contributed by atoms with Gasteiger partial charge in [0.25, 0.3) is 5.91 Å². The molecule has 1 aliphatic heterocycles. The van der Waals surface area contributed by atoms with Gasteiger partial charge in [-0.1, -0.05) is 23.2 Å². The standard InChI is InChI=1S/C12H13Cl2N3O/c1-3-15-11-16-10(18)12(2,17-11)8-6-7(13)4-5-9(8)14/h4-6H,3H2,1-2H3,(H2,15,16,17,18). The summed E-state index contributed by atoms with van der Waals surface area (Å²) in [7, 11) is 0. The van der Waals surface area contributed by atoms with Crippen molar-refractivity contribution in [2.75, 3.05) is 6.54 Å². The molecule has 0 aliphatic carbocycles. The second kappa shape index (κ2) is 4.78. The van der Waals surface area contributed by atoms with Crippen LogP contribution in [0.2, 0.25) is 10.0 Å². The first-order valence-corrected chi connectivity index (χ1v) is 6.32. The first-order chi connectivity index (χ1) is 8.47. The van der Waals surface area contributed by atoms with Crippen molar-refractivity contribution in [3.8, 4) is 0 Å². The lowest BCUT2D eigenvalue weighted by Gasteiger charge is -2.23. The van der Waals surface area contributed by atoms with E-state index in [1.165, 1.54) is 0 Å². The molecule has 1 heterocycles. The summed E-state index contributed by atoms with van der Waals surface area (Å²) >= 11 is 12.1. The Labute approximate surface area is 115 Å². The van der Waals surface area contributed by atoms with Crippen molar-refractivity contribution in [2.24, 2.45) is 4.99 Å². The Kier molecular flexibility index (Phi) is 3.50. The van der Waals surface area contributed by atoms with Gasteiger partial charge in [0.1, 0.15) is 5.54 Å². The van der Waals surface area contributed by atoms with Crippen molar-refractivity contribution in [3.05, 3.63) is 33.8 Å². The number of hydrogen-bond acceptors (Lipinski definition) is 2. The van der Waals surface area contributed by atoms with E-state index in [1.54, 1.807) is 25.1 Å². The van der Waals surface area contributed by atoms with Gasteiger partial charge >= 0.3 is 0 Å². The highest BCUT2D eigenvalue weighted by atomic mass is 35.5. The molecule has 96 valence electrons. The molecule has 1 aliphatic rings. The number of benzene rings is 1. The summed E-state index contributed by atoms with van der Waals surface area (Å²) in [5.41, 5.74) is -0.314. The number of aliphatic imine (C=N–C) groups is 1. The van der Waals surface area contributed by atoms with E-state index < -0.39 is 5.54 Å². The van der Waals surface area contributed by atoms with Crippen molar-refractivity contribution in [1.29, 1.82) is 0 Å². The van der Waals surface area contributed by atoms with Gasteiger partial charge in [-0.2, -0.15) is 0 Å². The molecule has 1 aromatic carbocycles. The molecule has 6 heteroatoms. The van der Waals surface area contributed by atoms with Gasteiger partial charge in [0.05, 0.1) is 0 Å². The van der Waals surface area contributed by atoms with E-state index in [-0.39, 0.29) is 5.91 Å². The smallest absolute Gasteiger partial charge is 0.256 e. The van der Waals surface area contributed by atoms with Crippen LogP contribution in [0.5, 0.6) is 0 Å². The second-order valence-electron chi connectivity index (χ2n) is 4.15. The topological polar surface area (TPSA) is 53.5 Å². The average Bonchev–Trinajstić information content (AvgIpc) is 2.59. The fourth-order valence-electron chi connectivity index (χ4n) is 1.86. The summed E-state index contributed by atoms with van der Waals surface area (Å²) < 4.78 is 0. The maximum atomic E-state index is 12.1. The fraction of sp³-hybridized carbons (Fsp3) is 0.333. The predicted molar refractivity (Wildman–Crippen MR) is 73.1 cm³/mol. The summed E-state index contributed by atoms with van der Waals surface area (Å²) in [6, 6.07) is 5.05. The van der Waals surface area contributed by atoms with Crippen LogP contribution in [0.4, 0.5) is 0 Å². The van der Waals surface area contributed by atoms with Crippen LogP contribution in [0.15, 0.2) is 23.2 Å². The van der Waals surface area contributed by atoms with Crippen LogP contribution >= 0.6 is 23.2 Å². The van der Waals surface area contributed by atoms with E-state index in [0.29, 0.717) is 28.1 Å². The first-order valence-electron chi connectivity index (χ1n) is 5.57.